The molecule has 0 unspecified atom stereocenters. The first-order valence-electron chi connectivity index (χ1n) is 11.0. The number of carbonyl (C=O) groups is 2. The highest BCUT2D eigenvalue weighted by molar-refractivity contribution is 6.10. The molecule has 4 aromatic rings. The number of hydrogen-bond donors (Lipinski definition) is 0. The van der Waals surface area contributed by atoms with Crippen LogP contribution in [-0.2, 0) is 17.8 Å². The van der Waals surface area contributed by atoms with E-state index in [-0.39, 0.29) is 23.8 Å². The van der Waals surface area contributed by atoms with Gasteiger partial charge >= 0.3 is 0 Å². The Balaban J connectivity index is 1.31. The lowest BCUT2D eigenvalue weighted by molar-refractivity contribution is -0.134. The topological polar surface area (TPSA) is 64.4 Å². The zero-order valence-electron chi connectivity index (χ0n) is 18.4. The fourth-order valence-electron chi connectivity index (χ4n) is 4.06. The van der Waals surface area contributed by atoms with Gasteiger partial charge in [-0.05, 0) is 47.9 Å². The average Bonchev–Trinajstić information content (AvgIpc) is 3.38. The largest absolute Gasteiger partial charge is 0.483 e. The molecule has 1 aliphatic rings. The van der Waals surface area contributed by atoms with Gasteiger partial charge in [0.2, 0.25) is 0 Å². The summed E-state index contributed by atoms with van der Waals surface area (Å²) in [6.45, 7) is 0.886. The number of amides is 1. The number of rotatable bonds is 6. The van der Waals surface area contributed by atoms with Crippen molar-refractivity contribution in [2.24, 2.45) is 0 Å². The van der Waals surface area contributed by atoms with Crippen LogP contribution in [0.4, 0.5) is 4.39 Å². The molecule has 7 heteroatoms. The molecule has 0 N–H and O–H groups in total. The summed E-state index contributed by atoms with van der Waals surface area (Å²) in [7, 11) is 0. The van der Waals surface area contributed by atoms with E-state index in [1.54, 1.807) is 15.8 Å². The quantitative estimate of drug-likeness (QED) is 0.409. The van der Waals surface area contributed by atoms with Gasteiger partial charge in [0.15, 0.2) is 12.4 Å². The zero-order chi connectivity index (χ0) is 23.5. The number of ether oxygens (including phenoxy) is 1. The van der Waals surface area contributed by atoms with E-state index in [2.05, 4.69) is 11.2 Å². The number of nitrogens with zero attached hydrogens (tertiary/aromatic N) is 3. The van der Waals surface area contributed by atoms with E-state index in [0.29, 0.717) is 18.7 Å². The first-order chi connectivity index (χ1) is 16.6. The van der Waals surface area contributed by atoms with E-state index in [9.17, 15) is 14.0 Å². The number of benzene rings is 3. The third-order valence-corrected chi connectivity index (χ3v) is 5.89. The molecular formula is C27H22FN3O3. The van der Waals surface area contributed by atoms with Crippen LogP contribution < -0.4 is 4.74 Å². The lowest BCUT2D eigenvalue weighted by atomic mass is 10.00. The number of fused-ring (bicyclic) bond motifs is 1. The van der Waals surface area contributed by atoms with Crippen molar-refractivity contribution in [3.05, 3.63) is 113 Å². The van der Waals surface area contributed by atoms with Crippen LogP contribution in [0.25, 0.3) is 5.69 Å². The fourth-order valence-corrected chi connectivity index (χ4v) is 4.06. The molecular weight excluding hydrogens is 433 g/mol. The molecule has 1 amide bonds. The van der Waals surface area contributed by atoms with Gasteiger partial charge < -0.3 is 9.64 Å². The summed E-state index contributed by atoms with van der Waals surface area (Å²) in [5.74, 6) is -1.03. The second kappa shape index (κ2) is 9.31. The van der Waals surface area contributed by atoms with E-state index in [4.69, 9.17) is 4.74 Å². The zero-order valence-corrected chi connectivity index (χ0v) is 18.4. The van der Waals surface area contributed by atoms with E-state index in [0.717, 1.165) is 23.7 Å². The first-order valence-corrected chi connectivity index (χ1v) is 11.0. The summed E-state index contributed by atoms with van der Waals surface area (Å²) >= 11 is 0. The molecule has 0 aliphatic carbocycles. The van der Waals surface area contributed by atoms with Crippen LogP contribution in [0.1, 0.15) is 27.0 Å². The van der Waals surface area contributed by atoms with Crippen molar-refractivity contribution in [1.82, 2.24) is 14.7 Å². The molecule has 3 aromatic carbocycles. The maximum Gasteiger partial charge on any atom is 0.260 e. The van der Waals surface area contributed by atoms with Crippen LogP contribution >= 0.6 is 0 Å². The van der Waals surface area contributed by atoms with Crippen molar-refractivity contribution in [3.63, 3.8) is 0 Å². The van der Waals surface area contributed by atoms with Crippen LogP contribution in [0.15, 0.2) is 85.2 Å². The van der Waals surface area contributed by atoms with E-state index >= 15 is 0 Å². The highest BCUT2D eigenvalue weighted by Crippen LogP contribution is 2.24. The Kier molecular flexibility index (Phi) is 5.91. The number of hydrogen-bond acceptors (Lipinski definition) is 4. The Morgan fingerprint density at radius 2 is 1.74 bits per heavy atom. The van der Waals surface area contributed by atoms with Gasteiger partial charge in [-0.1, -0.05) is 42.5 Å². The number of aromatic nitrogens is 2. The molecule has 5 rings (SSSR count). The lowest BCUT2D eigenvalue weighted by Crippen LogP contribution is -2.38. The Hall–Kier alpha value is -4.26. The van der Waals surface area contributed by atoms with Gasteiger partial charge in [-0.3, -0.25) is 9.59 Å². The van der Waals surface area contributed by atoms with Crippen LogP contribution in [0, 0.1) is 5.82 Å². The second-order valence-electron chi connectivity index (χ2n) is 8.10. The molecule has 34 heavy (non-hydrogen) atoms. The van der Waals surface area contributed by atoms with E-state index in [1.807, 2.05) is 48.5 Å². The van der Waals surface area contributed by atoms with Crippen LogP contribution in [0.2, 0.25) is 0 Å². The molecule has 0 saturated heterocycles. The minimum absolute atomic E-state index is 0.0457. The third-order valence-electron chi connectivity index (χ3n) is 5.89. The second-order valence-corrected chi connectivity index (χ2v) is 8.10. The Morgan fingerprint density at radius 1 is 0.971 bits per heavy atom. The summed E-state index contributed by atoms with van der Waals surface area (Å²) in [4.78, 5) is 27.7. The van der Waals surface area contributed by atoms with Gasteiger partial charge in [0, 0.05) is 19.3 Å². The molecule has 0 radical (unpaired) electrons. The maximum absolute atomic E-state index is 14.0. The molecule has 2 heterocycles. The highest BCUT2D eigenvalue weighted by atomic mass is 19.1. The van der Waals surface area contributed by atoms with Gasteiger partial charge in [0.25, 0.3) is 5.91 Å². The Labute approximate surface area is 196 Å². The van der Waals surface area contributed by atoms with Crippen molar-refractivity contribution in [1.29, 1.82) is 0 Å². The minimum Gasteiger partial charge on any atom is -0.483 e. The van der Waals surface area contributed by atoms with Crippen LogP contribution in [0.3, 0.4) is 0 Å². The molecule has 0 spiro atoms. The third kappa shape index (κ3) is 4.45. The van der Waals surface area contributed by atoms with Crippen molar-refractivity contribution >= 4 is 11.7 Å². The van der Waals surface area contributed by atoms with Crippen molar-refractivity contribution in [2.75, 3.05) is 13.2 Å². The normalized spacial score (nSPS) is 12.8. The molecule has 0 fully saturated rings. The molecule has 170 valence electrons. The summed E-state index contributed by atoms with van der Waals surface area (Å²) < 4.78 is 21.3. The molecule has 6 nitrogen and oxygen atoms in total. The Morgan fingerprint density at radius 3 is 2.56 bits per heavy atom. The van der Waals surface area contributed by atoms with Gasteiger partial charge in [0.05, 0.1) is 23.0 Å². The van der Waals surface area contributed by atoms with E-state index < -0.39 is 11.6 Å². The van der Waals surface area contributed by atoms with Gasteiger partial charge in [-0.25, -0.2) is 9.07 Å². The van der Waals surface area contributed by atoms with Crippen LogP contribution in [0.5, 0.6) is 5.75 Å². The van der Waals surface area contributed by atoms with Crippen molar-refractivity contribution in [2.45, 2.75) is 13.0 Å². The van der Waals surface area contributed by atoms with E-state index in [1.165, 1.54) is 23.9 Å². The lowest BCUT2D eigenvalue weighted by Gasteiger charge is -2.28. The molecule has 1 aliphatic heterocycles. The van der Waals surface area contributed by atoms with Gasteiger partial charge in [-0.15, -0.1) is 0 Å². The highest BCUT2D eigenvalue weighted by Gasteiger charge is 2.23. The number of para-hydroxylation sites is 1. The molecule has 1 aromatic heterocycles. The van der Waals surface area contributed by atoms with Crippen LogP contribution in [-0.4, -0.2) is 39.5 Å². The molecule has 0 bridgehead atoms. The predicted octanol–water partition coefficient (Wildman–Crippen LogP) is 4.21. The fraction of sp³-hybridized carbons (Fsp3) is 0.148. The SMILES string of the molecule is O=C(c1cnn(-c2ccccc2)c1)c1cc(F)ccc1OCC(=O)N1CCc2ccccc2C1. The number of halogens is 1. The number of carbonyl (C=O) groups excluding carboxylic acids is 2. The predicted molar refractivity (Wildman–Crippen MR) is 124 cm³/mol. The number of ketones is 1. The summed E-state index contributed by atoms with van der Waals surface area (Å²) in [5.41, 5.74) is 3.50. The van der Waals surface area contributed by atoms with Gasteiger partial charge in [0.1, 0.15) is 11.6 Å². The first kappa shape index (κ1) is 21.6. The van der Waals surface area contributed by atoms with Crippen molar-refractivity contribution < 1.29 is 18.7 Å². The smallest absolute Gasteiger partial charge is 0.260 e. The summed E-state index contributed by atoms with van der Waals surface area (Å²) in [6, 6.07) is 21.1. The van der Waals surface area contributed by atoms with Crippen molar-refractivity contribution in [3.8, 4) is 11.4 Å². The molecule has 0 saturated carbocycles. The van der Waals surface area contributed by atoms with Gasteiger partial charge in [-0.2, -0.15) is 5.10 Å². The summed E-state index contributed by atoms with van der Waals surface area (Å²) in [5, 5.41) is 4.24. The molecule has 0 atom stereocenters. The average molecular weight is 455 g/mol. The minimum atomic E-state index is -0.565. The monoisotopic (exact) mass is 455 g/mol. The maximum atomic E-state index is 14.0. The Bertz CT molecular complexity index is 1350. The standard InChI is InChI=1S/C27H22FN3O3/c28-22-10-11-25(34-18-26(32)30-13-12-19-6-4-5-7-20(19)16-30)24(14-22)27(33)21-15-29-31(17-21)23-8-2-1-3-9-23/h1-11,14-15,17H,12-13,16,18H2. The summed E-state index contributed by atoms with van der Waals surface area (Å²) in [6.07, 6.45) is 3.80.